The van der Waals surface area contributed by atoms with Crippen molar-refractivity contribution in [2.45, 2.75) is 137 Å². The van der Waals surface area contributed by atoms with E-state index in [1.54, 1.807) is 0 Å². The molecule has 3 heterocycles. The molecule has 0 aromatic rings. The number of hydrogen-bond acceptors (Lipinski definition) is 20. The minimum Gasteiger partial charge on any atom is -0.394 e. The molecule has 0 bridgehead atoms. The van der Waals surface area contributed by atoms with Gasteiger partial charge in [-0.25, -0.2) is 0 Å². The Labute approximate surface area is 285 Å². The van der Waals surface area contributed by atoms with Crippen molar-refractivity contribution in [1.82, 2.24) is 10.6 Å². The predicted octanol–water partition coefficient (Wildman–Crippen LogP) is -8.80. The van der Waals surface area contributed by atoms with Crippen molar-refractivity contribution in [1.29, 1.82) is 0 Å². The molecule has 0 aromatic heterocycles. The first kappa shape index (κ1) is 42.6. The van der Waals surface area contributed by atoms with Gasteiger partial charge in [0.05, 0.1) is 38.6 Å². The van der Waals surface area contributed by atoms with Crippen LogP contribution in [0.25, 0.3) is 0 Å². The number of ether oxygens (including phenoxy) is 6. The second kappa shape index (κ2) is 18.8. The number of nitrogens with one attached hydrogen (secondary N) is 2. The predicted molar refractivity (Wildman–Crippen MR) is 158 cm³/mol. The monoisotopic (exact) mass is 734 g/mol. The van der Waals surface area contributed by atoms with Crippen LogP contribution in [0.15, 0.2) is 0 Å². The zero-order chi connectivity index (χ0) is 37.6. The van der Waals surface area contributed by atoms with Crippen LogP contribution in [-0.4, -0.2) is 216 Å². The molecule has 14 N–H and O–H groups in total. The summed E-state index contributed by atoms with van der Waals surface area (Å²) < 4.78 is 33.4. The summed E-state index contributed by atoms with van der Waals surface area (Å²) in [5, 5.41) is 129. The first-order valence-electron chi connectivity index (χ1n) is 15.8. The van der Waals surface area contributed by atoms with Crippen LogP contribution in [0.4, 0.5) is 0 Å². The lowest BCUT2D eigenvalue weighted by Crippen LogP contribution is -2.68. The van der Waals surface area contributed by atoms with Crippen molar-refractivity contribution in [3.05, 3.63) is 0 Å². The summed E-state index contributed by atoms with van der Waals surface area (Å²) >= 11 is 0. The fraction of sp³-hybridized carbons (Fsp3) is 0.929. The lowest BCUT2D eigenvalue weighted by atomic mass is 9.95. The molecule has 292 valence electrons. The molecule has 0 aromatic carbocycles. The summed E-state index contributed by atoms with van der Waals surface area (Å²) in [6, 6.07) is -3.15. The lowest BCUT2D eigenvalue weighted by Gasteiger charge is -2.48. The van der Waals surface area contributed by atoms with E-state index >= 15 is 0 Å². The highest BCUT2D eigenvalue weighted by Gasteiger charge is 2.53. The Kier molecular flexibility index (Phi) is 16.0. The average molecular weight is 735 g/mol. The Hall–Kier alpha value is -1.78. The zero-order valence-electron chi connectivity index (χ0n) is 27.4. The number of aliphatic hydroxyl groups excluding tert-OH is 12. The number of amides is 2. The normalized spacial score (nSPS) is 41.9. The highest BCUT2D eigenvalue weighted by atomic mass is 16.7. The van der Waals surface area contributed by atoms with E-state index in [4.69, 9.17) is 28.4 Å². The standard InChI is InChI=1S/C28H50N2O20/c1-8-16(37)20(41)22(43)27(46-8)45-7-12(36)24(17(38)11(4-31)29-9(2)34)49-26-15(30-10(3)35)19(40)25(14(6-33)48-26)50-28-23(44)21(42)18(39)13(5-32)47-28/h8,11-28,31-33,36-44H,4-7H2,1-3H3,(H,29,34)(H,30,35)/t8-,11-,12+,13+,14+,15+,16+,17+,18+,19+,20+,21-,22-,23-,24+,25+,26-,27+,28-/m0/s1. The maximum atomic E-state index is 12.2. The second-order valence-electron chi connectivity index (χ2n) is 12.4. The molecule has 22 nitrogen and oxygen atoms in total. The second-order valence-corrected chi connectivity index (χ2v) is 12.4. The van der Waals surface area contributed by atoms with Crippen LogP contribution < -0.4 is 10.6 Å². The fourth-order valence-electron chi connectivity index (χ4n) is 5.80. The van der Waals surface area contributed by atoms with Gasteiger partial charge in [-0.3, -0.25) is 9.59 Å². The molecular weight excluding hydrogens is 684 g/mol. The molecule has 0 aliphatic carbocycles. The van der Waals surface area contributed by atoms with Gasteiger partial charge in [0.15, 0.2) is 18.9 Å². The summed E-state index contributed by atoms with van der Waals surface area (Å²) in [5.74, 6) is -1.48. The molecule has 3 saturated heterocycles. The Morgan fingerprint density at radius 1 is 0.720 bits per heavy atom. The molecule has 0 saturated carbocycles. The Balaban J connectivity index is 1.89. The van der Waals surface area contributed by atoms with Crippen LogP contribution in [0, 0.1) is 0 Å². The number of carbonyl (C=O) groups excluding carboxylic acids is 2. The van der Waals surface area contributed by atoms with Crippen LogP contribution in [0.3, 0.4) is 0 Å². The number of hydrogen-bond donors (Lipinski definition) is 14. The number of carbonyl (C=O) groups is 2. The summed E-state index contributed by atoms with van der Waals surface area (Å²) in [5.41, 5.74) is 0. The van der Waals surface area contributed by atoms with Crippen molar-refractivity contribution < 1.29 is 99.3 Å². The summed E-state index contributed by atoms with van der Waals surface area (Å²) in [4.78, 5) is 24.0. The van der Waals surface area contributed by atoms with E-state index in [1.165, 1.54) is 6.92 Å². The fourth-order valence-corrected chi connectivity index (χ4v) is 5.80. The van der Waals surface area contributed by atoms with E-state index in [0.29, 0.717) is 0 Å². The molecule has 0 spiro atoms. The smallest absolute Gasteiger partial charge is 0.217 e. The largest absolute Gasteiger partial charge is 0.394 e. The van der Waals surface area contributed by atoms with E-state index in [2.05, 4.69) is 10.6 Å². The average Bonchev–Trinajstić information content (AvgIpc) is 3.07. The van der Waals surface area contributed by atoms with Crippen molar-refractivity contribution in [2.24, 2.45) is 0 Å². The Morgan fingerprint density at radius 2 is 1.30 bits per heavy atom. The summed E-state index contributed by atoms with van der Waals surface area (Å²) in [6.45, 7) is 0.0356. The van der Waals surface area contributed by atoms with Gasteiger partial charge in [-0.2, -0.15) is 0 Å². The van der Waals surface area contributed by atoms with Gasteiger partial charge in [-0.05, 0) is 6.92 Å². The minimum absolute atomic E-state index is 0.707. The molecule has 3 fully saturated rings. The highest BCUT2D eigenvalue weighted by molar-refractivity contribution is 5.73. The van der Waals surface area contributed by atoms with Gasteiger partial charge >= 0.3 is 0 Å². The van der Waals surface area contributed by atoms with Crippen LogP contribution in [0.2, 0.25) is 0 Å². The molecule has 50 heavy (non-hydrogen) atoms. The number of rotatable bonds is 15. The Bertz CT molecular complexity index is 1080. The first-order valence-corrected chi connectivity index (χ1v) is 15.8. The van der Waals surface area contributed by atoms with E-state index in [0.717, 1.165) is 13.8 Å². The van der Waals surface area contributed by atoms with Gasteiger partial charge in [-0.1, -0.05) is 0 Å². The maximum Gasteiger partial charge on any atom is 0.217 e. The molecule has 22 heteroatoms. The van der Waals surface area contributed by atoms with Crippen LogP contribution in [-0.2, 0) is 38.0 Å². The molecule has 3 aliphatic rings. The third-order valence-electron chi connectivity index (χ3n) is 8.61. The minimum atomic E-state index is -1.99. The SMILES string of the molecule is CC(=O)N[C@H]1[C@H](O[C@@H]([C@H](O)[C@H](CO)NC(C)=O)[C@H](O)CO[C@@H]2O[C@@H](C)[C@@H](O)[C@@H](O)[C@@H]2O)O[C@H](CO)[C@@H](O[C@@H]2O[C@H](CO)[C@@H](O)[C@H](O)[C@@H]2O)[C@@H]1O. The van der Waals surface area contributed by atoms with Crippen molar-refractivity contribution in [2.75, 3.05) is 26.4 Å². The topological polar surface area (TPSA) is 356 Å². The van der Waals surface area contributed by atoms with Crippen molar-refractivity contribution in [3.8, 4) is 0 Å². The summed E-state index contributed by atoms with van der Waals surface area (Å²) in [7, 11) is 0. The molecule has 0 unspecified atom stereocenters. The third kappa shape index (κ3) is 10.00. The van der Waals surface area contributed by atoms with Crippen LogP contribution in [0.5, 0.6) is 0 Å². The number of aliphatic hydroxyl groups is 12. The third-order valence-corrected chi connectivity index (χ3v) is 8.61. The zero-order valence-corrected chi connectivity index (χ0v) is 27.4. The van der Waals surface area contributed by atoms with Crippen molar-refractivity contribution >= 4 is 11.8 Å². The van der Waals surface area contributed by atoms with Gasteiger partial charge in [0.1, 0.15) is 85.4 Å². The summed E-state index contributed by atoms with van der Waals surface area (Å²) in [6.07, 6.45) is -29.2. The van der Waals surface area contributed by atoms with E-state index in [-0.39, 0.29) is 0 Å². The van der Waals surface area contributed by atoms with Gasteiger partial charge < -0.3 is 100 Å². The first-order chi connectivity index (χ1) is 23.5. The highest BCUT2D eigenvalue weighted by Crippen LogP contribution is 2.31. The molecule has 3 aliphatic heterocycles. The van der Waals surface area contributed by atoms with E-state index in [1.807, 2.05) is 0 Å². The molecule has 3 rings (SSSR count). The van der Waals surface area contributed by atoms with Gasteiger partial charge in [-0.15, -0.1) is 0 Å². The molecule has 2 amide bonds. The van der Waals surface area contributed by atoms with Gasteiger partial charge in [0.25, 0.3) is 0 Å². The molecule has 19 atom stereocenters. The molecular formula is C28H50N2O20. The van der Waals surface area contributed by atoms with Crippen molar-refractivity contribution in [3.63, 3.8) is 0 Å². The van der Waals surface area contributed by atoms with Gasteiger partial charge in [0, 0.05) is 13.8 Å². The molecule has 0 radical (unpaired) electrons. The Morgan fingerprint density at radius 3 is 1.86 bits per heavy atom. The van der Waals surface area contributed by atoms with Crippen LogP contribution in [0.1, 0.15) is 20.8 Å². The van der Waals surface area contributed by atoms with Crippen LogP contribution >= 0.6 is 0 Å². The lowest BCUT2D eigenvalue weighted by molar-refractivity contribution is -0.355. The maximum absolute atomic E-state index is 12.2. The quantitative estimate of drug-likeness (QED) is 0.0742. The van der Waals surface area contributed by atoms with E-state index < -0.39 is 155 Å². The van der Waals surface area contributed by atoms with Gasteiger partial charge in [0.2, 0.25) is 11.8 Å². The van der Waals surface area contributed by atoms with E-state index in [9.17, 15) is 70.9 Å².